The van der Waals surface area contributed by atoms with Gasteiger partial charge in [-0.25, -0.2) is 4.79 Å². The number of nitrogens with one attached hydrogen (secondary N) is 1. The minimum absolute atomic E-state index is 0.0184. The van der Waals surface area contributed by atoms with E-state index in [9.17, 15) is 9.59 Å². The molecule has 0 radical (unpaired) electrons. The van der Waals surface area contributed by atoms with Crippen molar-refractivity contribution in [2.24, 2.45) is 11.8 Å². The molecule has 1 unspecified atom stereocenters. The first-order valence-electron chi connectivity index (χ1n) is 6.57. The largest absolute Gasteiger partial charge is 0.480 e. The number of carboxylic acids is 1. The van der Waals surface area contributed by atoms with Gasteiger partial charge < -0.3 is 10.4 Å². The van der Waals surface area contributed by atoms with Crippen molar-refractivity contribution in [3.8, 4) is 0 Å². The Morgan fingerprint density at radius 2 is 1.88 bits per heavy atom. The van der Waals surface area contributed by atoms with Crippen molar-refractivity contribution in [2.75, 3.05) is 0 Å². The maximum atomic E-state index is 11.9. The Balaban J connectivity index is 2.44. The summed E-state index contributed by atoms with van der Waals surface area (Å²) >= 11 is 0. The Morgan fingerprint density at radius 3 is 2.35 bits per heavy atom. The van der Waals surface area contributed by atoms with E-state index in [1.165, 1.54) is 0 Å². The molecule has 17 heavy (non-hydrogen) atoms. The van der Waals surface area contributed by atoms with Crippen molar-refractivity contribution in [3.63, 3.8) is 0 Å². The number of amides is 1. The first kappa shape index (κ1) is 14.0. The Labute approximate surface area is 103 Å². The fraction of sp³-hybridized carbons (Fsp3) is 0.846. The predicted octanol–water partition coefficient (Wildman–Crippen LogP) is 2.18. The lowest BCUT2D eigenvalue weighted by atomic mass is 9.82. The lowest BCUT2D eigenvalue weighted by molar-refractivity contribution is -0.142. The molecule has 2 N–H and O–H groups in total. The number of carboxylic acid groups (broad SMARTS) is 1. The van der Waals surface area contributed by atoms with Crippen LogP contribution in [0.5, 0.6) is 0 Å². The lowest BCUT2D eigenvalue weighted by Crippen LogP contribution is -2.44. The van der Waals surface area contributed by atoms with Crippen LogP contribution in [-0.2, 0) is 9.59 Å². The van der Waals surface area contributed by atoms with Crippen LogP contribution < -0.4 is 5.32 Å². The van der Waals surface area contributed by atoms with Gasteiger partial charge in [0.2, 0.25) is 5.91 Å². The van der Waals surface area contributed by atoms with Crippen LogP contribution in [0, 0.1) is 11.8 Å². The number of aliphatic carboxylic acids is 1. The van der Waals surface area contributed by atoms with Crippen LogP contribution in [0.4, 0.5) is 0 Å². The molecule has 0 aromatic carbocycles. The zero-order chi connectivity index (χ0) is 12.8. The molecule has 0 spiro atoms. The SMILES string of the molecule is CCCC(NC(=O)C1CCC(C)CC1)C(=O)O. The van der Waals surface area contributed by atoms with E-state index in [4.69, 9.17) is 5.11 Å². The number of hydrogen-bond acceptors (Lipinski definition) is 2. The minimum Gasteiger partial charge on any atom is -0.480 e. The summed E-state index contributed by atoms with van der Waals surface area (Å²) in [5.74, 6) is -0.281. The van der Waals surface area contributed by atoms with E-state index in [1.54, 1.807) is 0 Å². The Kier molecular flexibility index (Phi) is 5.45. The third-order valence-electron chi connectivity index (χ3n) is 3.58. The number of carbonyl (C=O) groups is 2. The quantitative estimate of drug-likeness (QED) is 0.775. The van der Waals surface area contributed by atoms with Crippen molar-refractivity contribution in [1.82, 2.24) is 5.32 Å². The summed E-state index contributed by atoms with van der Waals surface area (Å²) in [6.07, 6.45) is 5.20. The first-order valence-corrected chi connectivity index (χ1v) is 6.57. The number of carbonyl (C=O) groups excluding carboxylic acids is 1. The highest BCUT2D eigenvalue weighted by atomic mass is 16.4. The Hall–Kier alpha value is -1.06. The van der Waals surface area contributed by atoms with Crippen LogP contribution in [0.15, 0.2) is 0 Å². The molecule has 1 amide bonds. The molecule has 1 aliphatic carbocycles. The third-order valence-corrected chi connectivity index (χ3v) is 3.58. The standard InChI is InChI=1S/C13H23NO3/c1-3-4-11(13(16)17)14-12(15)10-7-5-9(2)6-8-10/h9-11H,3-8H2,1-2H3,(H,14,15)(H,16,17). The number of rotatable bonds is 5. The third kappa shape index (κ3) is 4.36. The highest BCUT2D eigenvalue weighted by Gasteiger charge is 2.27. The summed E-state index contributed by atoms with van der Waals surface area (Å²) in [4.78, 5) is 22.9. The van der Waals surface area contributed by atoms with Crippen LogP contribution >= 0.6 is 0 Å². The van der Waals surface area contributed by atoms with Gasteiger partial charge in [0.05, 0.1) is 0 Å². The van der Waals surface area contributed by atoms with Crippen LogP contribution in [0.25, 0.3) is 0 Å². The molecule has 1 saturated carbocycles. The van der Waals surface area contributed by atoms with Crippen LogP contribution in [0.2, 0.25) is 0 Å². The predicted molar refractivity (Wildman–Crippen MR) is 65.6 cm³/mol. The molecule has 0 saturated heterocycles. The summed E-state index contributed by atoms with van der Waals surface area (Å²) < 4.78 is 0. The van der Waals surface area contributed by atoms with Gasteiger partial charge in [0, 0.05) is 5.92 Å². The second-order valence-electron chi connectivity index (χ2n) is 5.14. The van der Waals surface area contributed by atoms with E-state index in [2.05, 4.69) is 12.2 Å². The molecule has 1 rings (SSSR count). The van der Waals surface area contributed by atoms with Crippen LogP contribution in [0.3, 0.4) is 0 Å². The van der Waals surface area contributed by atoms with Crippen LogP contribution in [-0.4, -0.2) is 23.0 Å². The Bertz CT molecular complexity index is 270. The monoisotopic (exact) mass is 241 g/mol. The normalized spacial score (nSPS) is 26.2. The van der Waals surface area contributed by atoms with Crippen LogP contribution in [0.1, 0.15) is 52.4 Å². The van der Waals surface area contributed by atoms with E-state index in [-0.39, 0.29) is 11.8 Å². The smallest absolute Gasteiger partial charge is 0.326 e. The topological polar surface area (TPSA) is 66.4 Å². The molecule has 0 bridgehead atoms. The second-order valence-corrected chi connectivity index (χ2v) is 5.14. The van der Waals surface area contributed by atoms with E-state index < -0.39 is 12.0 Å². The zero-order valence-electron chi connectivity index (χ0n) is 10.7. The zero-order valence-corrected chi connectivity index (χ0v) is 10.7. The molecule has 1 fully saturated rings. The molecule has 4 heteroatoms. The average Bonchev–Trinajstić information content (AvgIpc) is 2.29. The van der Waals surface area contributed by atoms with Crippen molar-refractivity contribution in [3.05, 3.63) is 0 Å². The maximum absolute atomic E-state index is 11.9. The average molecular weight is 241 g/mol. The molecule has 98 valence electrons. The van der Waals surface area contributed by atoms with Crippen molar-refractivity contribution < 1.29 is 14.7 Å². The van der Waals surface area contributed by atoms with Gasteiger partial charge in [-0.1, -0.05) is 20.3 Å². The molecule has 1 aliphatic rings. The molecule has 0 aromatic rings. The van der Waals surface area contributed by atoms with E-state index in [0.29, 0.717) is 12.3 Å². The van der Waals surface area contributed by atoms with Gasteiger partial charge in [0.25, 0.3) is 0 Å². The summed E-state index contributed by atoms with van der Waals surface area (Å²) in [6.45, 7) is 4.12. The maximum Gasteiger partial charge on any atom is 0.326 e. The number of hydrogen-bond donors (Lipinski definition) is 2. The fourth-order valence-corrected chi connectivity index (χ4v) is 2.36. The summed E-state index contributed by atoms with van der Waals surface area (Å²) in [5, 5.41) is 11.6. The lowest BCUT2D eigenvalue weighted by Gasteiger charge is -2.26. The highest BCUT2D eigenvalue weighted by Crippen LogP contribution is 2.28. The van der Waals surface area contributed by atoms with Gasteiger partial charge >= 0.3 is 5.97 Å². The van der Waals surface area contributed by atoms with E-state index >= 15 is 0 Å². The molecule has 0 heterocycles. The van der Waals surface area contributed by atoms with Gasteiger partial charge in [-0.05, 0) is 38.0 Å². The molecule has 4 nitrogen and oxygen atoms in total. The Morgan fingerprint density at radius 1 is 1.29 bits per heavy atom. The highest BCUT2D eigenvalue weighted by molar-refractivity contribution is 5.84. The molecular formula is C13H23NO3. The summed E-state index contributed by atoms with van der Waals surface area (Å²) in [6, 6.07) is -0.716. The van der Waals surface area contributed by atoms with Gasteiger partial charge in [-0.15, -0.1) is 0 Å². The van der Waals surface area contributed by atoms with Gasteiger partial charge in [-0.3, -0.25) is 4.79 Å². The minimum atomic E-state index is -0.927. The van der Waals surface area contributed by atoms with Crippen molar-refractivity contribution in [1.29, 1.82) is 0 Å². The van der Waals surface area contributed by atoms with Gasteiger partial charge in [-0.2, -0.15) is 0 Å². The van der Waals surface area contributed by atoms with Crippen molar-refractivity contribution in [2.45, 2.75) is 58.4 Å². The van der Waals surface area contributed by atoms with Gasteiger partial charge in [0.15, 0.2) is 0 Å². The fourth-order valence-electron chi connectivity index (χ4n) is 2.36. The van der Waals surface area contributed by atoms with Gasteiger partial charge in [0.1, 0.15) is 6.04 Å². The second kappa shape index (κ2) is 6.62. The molecular weight excluding hydrogens is 218 g/mol. The molecule has 1 atom stereocenters. The summed E-state index contributed by atoms with van der Waals surface area (Å²) in [5.41, 5.74) is 0. The first-order chi connectivity index (χ1) is 8.04. The molecule has 0 aromatic heterocycles. The summed E-state index contributed by atoms with van der Waals surface area (Å²) in [7, 11) is 0. The van der Waals surface area contributed by atoms with Crippen molar-refractivity contribution >= 4 is 11.9 Å². The molecule has 0 aliphatic heterocycles. The van der Waals surface area contributed by atoms with E-state index in [1.807, 2.05) is 6.92 Å². The van der Waals surface area contributed by atoms with E-state index in [0.717, 1.165) is 32.1 Å².